The van der Waals surface area contributed by atoms with Crippen LogP contribution in [0.25, 0.3) is 0 Å². The van der Waals surface area contributed by atoms with Crippen LogP contribution in [0.3, 0.4) is 0 Å². The van der Waals surface area contributed by atoms with Crippen LogP contribution in [0, 0.1) is 6.92 Å². The molecule has 0 spiro atoms. The summed E-state index contributed by atoms with van der Waals surface area (Å²) in [5, 5.41) is 7.58. The van der Waals surface area contributed by atoms with Crippen molar-refractivity contribution in [2.45, 2.75) is 26.5 Å². The van der Waals surface area contributed by atoms with Gasteiger partial charge in [0.15, 0.2) is 0 Å². The zero-order valence-corrected chi connectivity index (χ0v) is 17.5. The van der Waals surface area contributed by atoms with Gasteiger partial charge in [0, 0.05) is 26.6 Å². The first kappa shape index (κ1) is 20.6. The minimum absolute atomic E-state index is 0.00774. The van der Waals surface area contributed by atoms with Crippen molar-refractivity contribution < 1.29 is 19.0 Å². The summed E-state index contributed by atoms with van der Waals surface area (Å²) in [7, 11) is 0. The molecule has 0 bridgehead atoms. The van der Waals surface area contributed by atoms with E-state index in [-0.39, 0.29) is 24.5 Å². The van der Waals surface area contributed by atoms with E-state index < -0.39 is 0 Å². The van der Waals surface area contributed by atoms with Crippen LogP contribution in [-0.2, 0) is 11.4 Å². The second kappa shape index (κ2) is 8.99. The van der Waals surface area contributed by atoms with Gasteiger partial charge >= 0.3 is 0 Å². The number of carbonyl (C=O) groups is 2. The van der Waals surface area contributed by atoms with Gasteiger partial charge in [-0.15, -0.1) is 0 Å². The molecule has 8 heteroatoms. The van der Waals surface area contributed by atoms with Gasteiger partial charge in [-0.1, -0.05) is 52.8 Å². The van der Waals surface area contributed by atoms with Gasteiger partial charge in [0.2, 0.25) is 5.91 Å². The Balaban J connectivity index is 1.60. The van der Waals surface area contributed by atoms with Crippen molar-refractivity contribution in [3.8, 4) is 5.75 Å². The fourth-order valence-corrected chi connectivity index (χ4v) is 3.72. The first-order valence-corrected chi connectivity index (χ1v) is 10.2. The first-order valence-electron chi connectivity index (χ1n) is 10.2. The molecule has 4 rings (SSSR count). The number of aromatic nitrogens is 2. The van der Waals surface area contributed by atoms with Crippen molar-refractivity contribution in [1.82, 2.24) is 20.1 Å². The molecule has 0 N–H and O–H groups in total. The Kier molecular flexibility index (Phi) is 5.97. The van der Waals surface area contributed by atoms with Crippen LogP contribution in [0.4, 0.5) is 0 Å². The number of aryl methyl sites for hydroxylation is 1. The van der Waals surface area contributed by atoms with E-state index in [1.165, 1.54) is 0 Å². The number of benzene rings is 2. The Morgan fingerprint density at radius 1 is 1.06 bits per heavy atom. The molecule has 31 heavy (non-hydrogen) atoms. The van der Waals surface area contributed by atoms with Crippen molar-refractivity contribution in [2.75, 3.05) is 19.6 Å². The lowest BCUT2D eigenvalue weighted by atomic mass is 10.0. The van der Waals surface area contributed by atoms with Crippen LogP contribution in [0.5, 0.6) is 5.75 Å². The maximum atomic E-state index is 13.6. The molecular formula is C23H24N4O4. The summed E-state index contributed by atoms with van der Waals surface area (Å²) >= 11 is 0. The Hall–Kier alpha value is -3.68. The molecule has 3 aromatic rings. The van der Waals surface area contributed by atoms with E-state index in [4.69, 9.17) is 9.37 Å². The van der Waals surface area contributed by atoms with Gasteiger partial charge in [0.05, 0.1) is 11.6 Å². The maximum absolute atomic E-state index is 13.6. The van der Waals surface area contributed by atoms with E-state index >= 15 is 0 Å². The summed E-state index contributed by atoms with van der Waals surface area (Å²) in [5.74, 6) is 0.340. The highest BCUT2D eigenvalue weighted by atomic mass is 16.6. The number of ether oxygens (including phenoxy) is 1. The smallest absolute Gasteiger partial charge is 0.258 e. The van der Waals surface area contributed by atoms with Gasteiger partial charge < -0.3 is 14.5 Å². The van der Waals surface area contributed by atoms with Gasteiger partial charge in [0.1, 0.15) is 23.7 Å². The summed E-state index contributed by atoms with van der Waals surface area (Å²) in [6, 6.07) is 16.7. The first-order chi connectivity index (χ1) is 15.0. The lowest BCUT2D eigenvalue weighted by Gasteiger charge is -2.41. The van der Waals surface area contributed by atoms with Gasteiger partial charge in [-0.3, -0.25) is 9.59 Å². The molecule has 0 aliphatic carbocycles. The summed E-state index contributed by atoms with van der Waals surface area (Å²) < 4.78 is 10.6. The Morgan fingerprint density at radius 3 is 2.52 bits per heavy atom. The molecule has 0 radical (unpaired) electrons. The standard InChI is InChI=1S/C23H24N4O4/c1-16-20(25-31-24-16)15-30-22-11-7-6-10-19(22)23(29)27-13-12-26(17(2)28)14-21(27)18-8-4-3-5-9-18/h3-11,21H,12-15H2,1-2H3/t21-/m0/s1. The molecule has 1 aliphatic heterocycles. The van der Waals surface area contributed by atoms with Gasteiger partial charge in [0.25, 0.3) is 5.91 Å². The fourth-order valence-electron chi connectivity index (χ4n) is 3.72. The number of hydrogen-bond donors (Lipinski definition) is 0. The SMILES string of the molecule is CC(=O)N1CCN(C(=O)c2ccccc2OCc2nonc2C)[C@H](c2ccccc2)C1. The van der Waals surface area contributed by atoms with Crippen molar-refractivity contribution in [2.24, 2.45) is 0 Å². The lowest BCUT2D eigenvalue weighted by Crippen LogP contribution is -2.51. The van der Waals surface area contributed by atoms with E-state index in [0.717, 1.165) is 5.56 Å². The second-order valence-electron chi connectivity index (χ2n) is 7.47. The van der Waals surface area contributed by atoms with E-state index in [9.17, 15) is 9.59 Å². The molecule has 0 unspecified atom stereocenters. The quantitative estimate of drug-likeness (QED) is 0.630. The number of para-hydroxylation sites is 1. The minimum atomic E-state index is -0.235. The van der Waals surface area contributed by atoms with Crippen molar-refractivity contribution in [3.05, 3.63) is 77.1 Å². The molecule has 8 nitrogen and oxygen atoms in total. The average molecular weight is 420 g/mol. The van der Waals surface area contributed by atoms with Gasteiger partial charge in [-0.2, -0.15) is 0 Å². The Bertz CT molecular complexity index is 1070. The zero-order valence-electron chi connectivity index (χ0n) is 17.5. The average Bonchev–Trinajstić information content (AvgIpc) is 3.22. The number of rotatable bonds is 5. The fraction of sp³-hybridized carbons (Fsp3) is 0.304. The summed E-state index contributed by atoms with van der Waals surface area (Å²) in [5.41, 5.74) is 2.69. The number of carbonyl (C=O) groups excluding carboxylic acids is 2. The number of nitrogens with zero attached hydrogens (tertiary/aromatic N) is 4. The molecule has 2 aromatic carbocycles. The number of piperazine rings is 1. The highest BCUT2D eigenvalue weighted by molar-refractivity contribution is 5.97. The van der Waals surface area contributed by atoms with E-state index in [1.807, 2.05) is 47.4 Å². The lowest BCUT2D eigenvalue weighted by molar-refractivity contribution is -0.131. The van der Waals surface area contributed by atoms with Crippen molar-refractivity contribution >= 4 is 11.8 Å². The van der Waals surface area contributed by atoms with Crippen LogP contribution < -0.4 is 4.74 Å². The molecule has 0 saturated carbocycles. The minimum Gasteiger partial charge on any atom is -0.486 e. The van der Waals surface area contributed by atoms with Gasteiger partial charge in [-0.05, 0) is 24.6 Å². The largest absolute Gasteiger partial charge is 0.486 e. The summed E-state index contributed by atoms with van der Waals surface area (Å²) in [6.07, 6.45) is 0. The number of hydrogen-bond acceptors (Lipinski definition) is 6. The van der Waals surface area contributed by atoms with Crippen LogP contribution in [0.15, 0.2) is 59.2 Å². The zero-order chi connectivity index (χ0) is 21.8. The molecule has 1 aromatic heterocycles. The maximum Gasteiger partial charge on any atom is 0.258 e. The Morgan fingerprint density at radius 2 is 1.81 bits per heavy atom. The van der Waals surface area contributed by atoms with Crippen LogP contribution in [0.2, 0.25) is 0 Å². The Labute approximate surface area is 180 Å². The third-order valence-electron chi connectivity index (χ3n) is 5.50. The van der Waals surface area contributed by atoms with Crippen molar-refractivity contribution in [3.63, 3.8) is 0 Å². The predicted molar refractivity (Wildman–Crippen MR) is 112 cm³/mol. The predicted octanol–water partition coefficient (Wildman–Crippen LogP) is 3.00. The molecule has 2 amide bonds. The molecule has 160 valence electrons. The highest BCUT2D eigenvalue weighted by Gasteiger charge is 2.34. The van der Waals surface area contributed by atoms with Crippen molar-refractivity contribution in [1.29, 1.82) is 0 Å². The van der Waals surface area contributed by atoms with Gasteiger partial charge in [-0.25, -0.2) is 4.63 Å². The van der Waals surface area contributed by atoms with Crippen LogP contribution in [-0.4, -0.2) is 51.6 Å². The van der Waals surface area contributed by atoms with Crippen LogP contribution in [0.1, 0.15) is 40.3 Å². The summed E-state index contributed by atoms with van der Waals surface area (Å²) in [6.45, 7) is 4.89. The molecule has 1 aliphatic rings. The highest BCUT2D eigenvalue weighted by Crippen LogP contribution is 2.30. The van der Waals surface area contributed by atoms with E-state index in [1.54, 1.807) is 30.9 Å². The molecule has 1 atom stereocenters. The number of amides is 2. The summed E-state index contributed by atoms with van der Waals surface area (Å²) in [4.78, 5) is 29.2. The monoisotopic (exact) mass is 420 g/mol. The van der Waals surface area contributed by atoms with E-state index in [0.29, 0.717) is 42.3 Å². The normalized spacial score (nSPS) is 16.3. The third kappa shape index (κ3) is 4.42. The molecule has 2 heterocycles. The molecular weight excluding hydrogens is 396 g/mol. The third-order valence-corrected chi connectivity index (χ3v) is 5.50. The second-order valence-corrected chi connectivity index (χ2v) is 7.47. The molecule has 1 fully saturated rings. The van der Waals surface area contributed by atoms with Crippen LogP contribution >= 0.6 is 0 Å². The topological polar surface area (TPSA) is 88.8 Å². The molecule has 1 saturated heterocycles. The van der Waals surface area contributed by atoms with E-state index in [2.05, 4.69) is 10.3 Å².